The molecule has 120 valence electrons. The van der Waals surface area contributed by atoms with Gasteiger partial charge < -0.3 is 9.64 Å². The van der Waals surface area contributed by atoms with Crippen molar-refractivity contribution in [2.75, 3.05) is 31.3 Å². The molecule has 6 nitrogen and oxygen atoms in total. The zero-order valence-corrected chi connectivity index (χ0v) is 13.2. The van der Waals surface area contributed by atoms with E-state index >= 15 is 0 Å². The quantitative estimate of drug-likeness (QED) is 0.846. The Morgan fingerprint density at radius 1 is 1.00 bits per heavy atom. The minimum atomic E-state index is -3.52. The smallest absolute Gasteiger partial charge is 0.245 e. The van der Waals surface area contributed by atoms with E-state index in [9.17, 15) is 13.2 Å². The number of hydrogen-bond acceptors (Lipinski definition) is 4. The van der Waals surface area contributed by atoms with Crippen LogP contribution in [0.3, 0.4) is 0 Å². The second kappa shape index (κ2) is 6.36. The normalized spacial score (nSPS) is 21.1. The van der Waals surface area contributed by atoms with Crippen LogP contribution >= 0.6 is 0 Å². The van der Waals surface area contributed by atoms with Crippen molar-refractivity contribution in [2.24, 2.45) is 0 Å². The Labute approximate surface area is 130 Å². The molecule has 2 fully saturated rings. The zero-order valence-electron chi connectivity index (χ0n) is 12.4. The van der Waals surface area contributed by atoms with E-state index < -0.39 is 10.0 Å². The van der Waals surface area contributed by atoms with Crippen molar-refractivity contribution in [1.29, 1.82) is 0 Å². The molecule has 0 bridgehead atoms. The van der Waals surface area contributed by atoms with Gasteiger partial charge in [0.1, 0.15) is 6.73 Å². The van der Waals surface area contributed by atoms with Crippen LogP contribution in [-0.4, -0.2) is 45.1 Å². The minimum Gasteiger partial charge on any atom is -0.365 e. The maximum absolute atomic E-state index is 12.5. The molecule has 2 heterocycles. The predicted octanol–water partition coefficient (Wildman–Crippen LogP) is 1.57. The van der Waals surface area contributed by atoms with Crippen molar-refractivity contribution in [3.63, 3.8) is 0 Å². The number of carbonyl (C=O) groups excluding carboxylic acids is 1. The molecule has 0 saturated carbocycles. The van der Waals surface area contributed by atoms with Gasteiger partial charge in [0.25, 0.3) is 0 Å². The van der Waals surface area contributed by atoms with Gasteiger partial charge in [-0.05, 0) is 43.5 Å². The van der Waals surface area contributed by atoms with Crippen LogP contribution in [0.4, 0.5) is 5.69 Å². The van der Waals surface area contributed by atoms with E-state index in [1.165, 1.54) is 4.31 Å². The van der Waals surface area contributed by atoms with Crippen LogP contribution in [0.5, 0.6) is 0 Å². The third-order valence-corrected chi connectivity index (χ3v) is 5.88. The zero-order chi connectivity index (χ0) is 15.6. The number of hydrogen-bond donors (Lipinski definition) is 0. The summed E-state index contributed by atoms with van der Waals surface area (Å²) in [5, 5.41) is 0. The van der Waals surface area contributed by atoms with Gasteiger partial charge in [0.05, 0.1) is 4.90 Å². The Morgan fingerprint density at radius 3 is 2.41 bits per heavy atom. The molecule has 1 aromatic carbocycles. The molecular weight excluding hydrogens is 304 g/mol. The maximum atomic E-state index is 12.5. The Hall–Kier alpha value is -1.44. The Bertz CT molecular complexity index is 636. The molecule has 0 N–H and O–H groups in total. The summed E-state index contributed by atoms with van der Waals surface area (Å²) < 4.78 is 31.6. The van der Waals surface area contributed by atoms with Crippen LogP contribution in [0.1, 0.15) is 25.7 Å². The maximum Gasteiger partial charge on any atom is 0.245 e. The molecule has 7 heteroatoms. The summed E-state index contributed by atoms with van der Waals surface area (Å²) in [4.78, 5) is 13.9. The van der Waals surface area contributed by atoms with Crippen LogP contribution < -0.4 is 4.90 Å². The summed E-state index contributed by atoms with van der Waals surface area (Å²) in [6.07, 6.45) is 3.18. The summed E-state index contributed by atoms with van der Waals surface area (Å²) in [6, 6.07) is 6.56. The molecule has 2 aliphatic heterocycles. The first-order valence-electron chi connectivity index (χ1n) is 7.57. The van der Waals surface area contributed by atoms with Gasteiger partial charge in [0.15, 0.2) is 0 Å². The molecule has 3 rings (SSSR count). The highest BCUT2D eigenvalue weighted by Gasteiger charge is 2.27. The molecule has 0 spiro atoms. The average molecular weight is 324 g/mol. The number of nitrogens with zero attached hydrogens (tertiary/aromatic N) is 2. The summed E-state index contributed by atoms with van der Waals surface area (Å²) >= 11 is 0. The fourth-order valence-electron chi connectivity index (χ4n) is 2.79. The lowest BCUT2D eigenvalue weighted by Gasteiger charge is -2.28. The number of ether oxygens (including phenoxy) is 1. The van der Waals surface area contributed by atoms with Gasteiger partial charge in [0, 0.05) is 31.8 Å². The van der Waals surface area contributed by atoms with E-state index in [0.717, 1.165) is 18.5 Å². The molecule has 22 heavy (non-hydrogen) atoms. The van der Waals surface area contributed by atoms with Gasteiger partial charge in [-0.25, -0.2) is 8.42 Å². The van der Waals surface area contributed by atoms with Gasteiger partial charge in [-0.1, -0.05) is 0 Å². The number of amides is 1. The number of piperidine rings is 1. The summed E-state index contributed by atoms with van der Waals surface area (Å²) in [6.45, 7) is 1.89. The van der Waals surface area contributed by atoms with Crippen molar-refractivity contribution in [2.45, 2.75) is 30.6 Å². The lowest BCUT2D eigenvalue weighted by Crippen LogP contribution is -2.38. The first-order valence-corrected chi connectivity index (χ1v) is 9.01. The fraction of sp³-hybridized carbons (Fsp3) is 0.533. The van der Waals surface area contributed by atoms with E-state index in [4.69, 9.17) is 4.74 Å². The lowest BCUT2D eigenvalue weighted by atomic mass is 10.1. The number of anilines is 1. The fourth-order valence-corrected chi connectivity index (χ4v) is 4.15. The minimum absolute atomic E-state index is 0.103. The highest BCUT2D eigenvalue weighted by atomic mass is 32.2. The van der Waals surface area contributed by atoms with Gasteiger partial charge in [-0.3, -0.25) is 4.79 Å². The molecule has 1 amide bonds. The molecule has 0 aromatic heterocycles. The average Bonchev–Trinajstić information content (AvgIpc) is 2.56. The van der Waals surface area contributed by atoms with Gasteiger partial charge >= 0.3 is 0 Å². The molecule has 0 aliphatic carbocycles. The third-order valence-electron chi connectivity index (χ3n) is 4.04. The van der Waals surface area contributed by atoms with Gasteiger partial charge in [-0.2, -0.15) is 4.31 Å². The Morgan fingerprint density at radius 2 is 1.77 bits per heavy atom. The van der Waals surface area contributed by atoms with Crippen LogP contribution in [0.2, 0.25) is 0 Å². The molecule has 0 radical (unpaired) electrons. The van der Waals surface area contributed by atoms with E-state index in [0.29, 0.717) is 32.5 Å². The van der Waals surface area contributed by atoms with Crippen LogP contribution in [0.25, 0.3) is 0 Å². The summed E-state index contributed by atoms with van der Waals surface area (Å²) in [5.74, 6) is 0.103. The number of sulfonamides is 1. The molecule has 0 atom stereocenters. The second-order valence-electron chi connectivity index (χ2n) is 5.57. The highest BCUT2D eigenvalue weighted by Crippen LogP contribution is 2.24. The van der Waals surface area contributed by atoms with Gasteiger partial charge in [0.2, 0.25) is 15.9 Å². The van der Waals surface area contributed by atoms with E-state index in [2.05, 4.69) is 0 Å². The van der Waals surface area contributed by atoms with Gasteiger partial charge in [-0.15, -0.1) is 0 Å². The standard InChI is InChI=1S/C15H20N2O4S/c18-15-4-1-2-10-17(15)13-5-7-14(8-6-13)22(19,20)16-9-3-11-21-12-16/h5-8H,1-4,9-12H2. The van der Waals surface area contributed by atoms with Crippen molar-refractivity contribution in [3.05, 3.63) is 24.3 Å². The molecule has 1 aromatic rings. The molecule has 0 unspecified atom stereocenters. The van der Waals surface area contributed by atoms with Crippen molar-refractivity contribution < 1.29 is 17.9 Å². The van der Waals surface area contributed by atoms with Crippen molar-refractivity contribution in [1.82, 2.24) is 4.31 Å². The van der Waals surface area contributed by atoms with Crippen molar-refractivity contribution in [3.8, 4) is 0 Å². The summed E-state index contributed by atoms with van der Waals surface area (Å²) in [5.41, 5.74) is 0.763. The number of carbonyl (C=O) groups is 1. The van der Waals surface area contributed by atoms with E-state index in [1.54, 1.807) is 29.2 Å². The van der Waals surface area contributed by atoms with Crippen molar-refractivity contribution >= 4 is 21.6 Å². The number of rotatable bonds is 3. The molecular formula is C15H20N2O4S. The monoisotopic (exact) mass is 324 g/mol. The highest BCUT2D eigenvalue weighted by molar-refractivity contribution is 7.89. The first-order chi connectivity index (χ1) is 10.6. The summed E-state index contributed by atoms with van der Waals surface area (Å²) in [7, 11) is -3.52. The van der Waals surface area contributed by atoms with Crippen LogP contribution in [-0.2, 0) is 19.6 Å². The third kappa shape index (κ3) is 3.02. The number of benzene rings is 1. The van der Waals surface area contributed by atoms with Crippen LogP contribution in [0, 0.1) is 0 Å². The lowest BCUT2D eigenvalue weighted by molar-refractivity contribution is -0.119. The Kier molecular flexibility index (Phi) is 4.46. The van der Waals surface area contributed by atoms with E-state index in [-0.39, 0.29) is 17.5 Å². The first kappa shape index (κ1) is 15.5. The van der Waals surface area contributed by atoms with Crippen LogP contribution in [0.15, 0.2) is 29.2 Å². The SMILES string of the molecule is O=C1CCCCN1c1ccc(S(=O)(=O)N2CCCOC2)cc1. The Balaban J connectivity index is 1.80. The second-order valence-corrected chi connectivity index (χ2v) is 7.51. The largest absolute Gasteiger partial charge is 0.365 e. The molecule has 2 saturated heterocycles. The molecule has 2 aliphatic rings. The predicted molar refractivity (Wildman–Crippen MR) is 82.0 cm³/mol. The topological polar surface area (TPSA) is 66.9 Å². The van der Waals surface area contributed by atoms with E-state index in [1.807, 2.05) is 0 Å².